The van der Waals surface area contributed by atoms with E-state index in [1.165, 1.54) is 4.88 Å². The molecule has 2 aromatic rings. The number of nitrogens with zero attached hydrogens (tertiary/aromatic N) is 1. The van der Waals surface area contributed by atoms with Gasteiger partial charge in [0.15, 0.2) is 5.11 Å². The highest BCUT2D eigenvalue weighted by molar-refractivity contribution is 7.80. The van der Waals surface area contributed by atoms with Gasteiger partial charge < -0.3 is 10.6 Å². The fourth-order valence-electron chi connectivity index (χ4n) is 1.34. The lowest BCUT2D eigenvalue weighted by molar-refractivity contribution is 0.911. The molecule has 0 fully saturated rings. The topological polar surface area (TPSA) is 37.0 Å². The normalized spacial score (nSPS) is 9.94. The summed E-state index contributed by atoms with van der Waals surface area (Å²) in [5, 5.41) is 7.90. The van der Waals surface area contributed by atoms with Crippen LogP contribution in [0.1, 0.15) is 9.88 Å². The van der Waals surface area contributed by atoms with Crippen LogP contribution in [0.4, 0.5) is 5.69 Å². The summed E-state index contributed by atoms with van der Waals surface area (Å²) >= 11 is 6.87. The molecule has 0 bridgehead atoms. The van der Waals surface area contributed by atoms with E-state index in [1.807, 2.05) is 43.5 Å². The van der Waals surface area contributed by atoms with E-state index < -0.39 is 0 Å². The lowest BCUT2D eigenvalue weighted by atomic mass is 10.3. The van der Waals surface area contributed by atoms with Gasteiger partial charge in [-0.3, -0.25) is 0 Å². The molecule has 5 heteroatoms. The number of anilines is 1. The van der Waals surface area contributed by atoms with E-state index in [1.54, 1.807) is 11.3 Å². The Morgan fingerprint density at radius 1 is 1.35 bits per heavy atom. The van der Waals surface area contributed by atoms with Crippen LogP contribution in [0.25, 0.3) is 0 Å². The van der Waals surface area contributed by atoms with Crippen LogP contribution < -0.4 is 10.6 Å². The Morgan fingerprint density at radius 3 is 2.76 bits per heavy atom. The summed E-state index contributed by atoms with van der Waals surface area (Å²) in [6, 6.07) is 9.85. The van der Waals surface area contributed by atoms with Gasteiger partial charge in [-0.05, 0) is 31.3 Å². The molecule has 17 heavy (non-hydrogen) atoms. The number of aryl methyl sites for hydroxylation is 1. The highest BCUT2D eigenvalue weighted by atomic mass is 32.1. The molecule has 0 aliphatic rings. The van der Waals surface area contributed by atoms with Crippen LogP contribution in [0.15, 0.2) is 36.5 Å². The minimum Gasteiger partial charge on any atom is -0.356 e. The first-order valence-electron chi connectivity index (χ1n) is 5.25. The first-order valence-corrected chi connectivity index (χ1v) is 6.48. The maximum atomic E-state index is 5.20. The molecule has 0 radical (unpaired) electrons. The number of thiazole rings is 1. The minimum absolute atomic E-state index is 0.615. The zero-order valence-electron chi connectivity index (χ0n) is 9.43. The zero-order chi connectivity index (χ0) is 12.1. The van der Waals surface area contributed by atoms with Gasteiger partial charge in [0.2, 0.25) is 0 Å². The van der Waals surface area contributed by atoms with Crippen LogP contribution in [0, 0.1) is 6.92 Å². The first-order chi connectivity index (χ1) is 8.24. The first kappa shape index (κ1) is 12.0. The molecule has 0 saturated carbocycles. The monoisotopic (exact) mass is 263 g/mol. The van der Waals surface area contributed by atoms with Crippen molar-refractivity contribution < 1.29 is 0 Å². The van der Waals surface area contributed by atoms with Crippen LogP contribution >= 0.6 is 23.6 Å². The second kappa shape index (κ2) is 5.75. The molecule has 1 heterocycles. The number of aromatic nitrogens is 1. The van der Waals surface area contributed by atoms with Crippen molar-refractivity contribution in [3.63, 3.8) is 0 Å². The van der Waals surface area contributed by atoms with Gasteiger partial charge in [0, 0.05) is 16.8 Å². The van der Waals surface area contributed by atoms with Crippen LogP contribution in [0.5, 0.6) is 0 Å². The van der Waals surface area contributed by atoms with Gasteiger partial charge in [-0.1, -0.05) is 18.2 Å². The third kappa shape index (κ3) is 3.80. The third-order valence-electron chi connectivity index (χ3n) is 2.10. The molecule has 0 aliphatic carbocycles. The van der Waals surface area contributed by atoms with Crippen LogP contribution in [0.2, 0.25) is 0 Å². The van der Waals surface area contributed by atoms with E-state index in [0.717, 1.165) is 10.7 Å². The van der Waals surface area contributed by atoms with Gasteiger partial charge in [-0.2, -0.15) is 0 Å². The second-order valence-corrected chi connectivity index (χ2v) is 5.27. The quantitative estimate of drug-likeness (QED) is 0.835. The number of rotatable bonds is 3. The van der Waals surface area contributed by atoms with Crippen molar-refractivity contribution in [3.8, 4) is 0 Å². The number of thiocarbonyl (C=S) groups is 1. The molecular formula is C12H13N3S2. The van der Waals surface area contributed by atoms with Gasteiger partial charge in [-0.15, -0.1) is 11.3 Å². The van der Waals surface area contributed by atoms with Crippen molar-refractivity contribution >= 4 is 34.4 Å². The number of hydrogen-bond acceptors (Lipinski definition) is 3. The van der Waals surface area contributed by atoms with E-state index in [9.17, 15) is 0 Å². The largest absolute Gasteiger partial charge is 0.356 e. The van der Waals surface area contributed by atoms with Crippen molar-refractivity contribution in [3.05, 3.63) is 46.4 Å². The zero-order valence-corrected chi connectivity index (χ0v) is 11.1. The summed E-state index contributed by atoms with van der Waals surface area (Å²) < 4.78 is 0. The predicted octanol–water partition coefficient (Wildman–Crippen LogP) is 2.94. The highest BCUT2D eigenvalue weighted by Gasteiger charge is 2.00. The van der Waals surface area contributed by atoms with Crippen molar-refractivity contribution in [1.29, 1.82) is 0 Å². The average Bonchev–Trinajstić information content (AvgIpc) is 2.74. The lowest BCUT2D eigenvalue weighted by Crippen LogP contribution is -2.27. The Labute approximate surface area is 110 Å². The molecule has 88 valence electrons. The van der Waals surface area contributed by atoms with Gasteiger partial charge >= 0.3 is 0 Å². The molecule has 0 saturated heterocycles. The van der Waals surface area contributed by atoms with Gasteiger partial charge in [0.1, 0.15) is 5.01 Å². The van der Waals surface area contributed by atoms with E-state index in [0.29, 0.717) is 11.7 Å². The van der Waals surface area contributed by atoms with Crippen LogP contribution in [-0.4, -0.2) is 10.1 Å². The second-order valence-electron chi connectivity index (χ2n) is 3.54. The molecule has 3 nitrogen and oxygen atoms in total. The fraction of sp³-hybridized carbons (Fsp3) is 0.167. The standard InChI is InChI=1S/C12H13N3S2/c1-9-7-13-11(17-9)8-14-12(16)15-10-5-3-2-4-6-10/h2-7H,8H2,1H3,(H2,14,15,16). The molecule has 0 spiro atoms. The molecule has 0 atom stereocenters. The Hall–Kier alpha value is -1.46. The summed E-state index contributed by atoms with van der Waals surface area (Å²) in [6.45, 7) is 2.71. The van der Waals surface area contributed by atoms with Crippen molar-refractivity contribution in [2.75, 3.05) is 5.32 Å². The van der Waals surface area contributed by atoms with Gasteiger partial charge in [-0.25, -0.2) is 4.98 Å². The highest BCUT2D eigenvalue weighted by Crippen LogP contribution is 2.10. The molecular weight excluding hydrogens is 250 g/mol. The van der Waals surface area contributed by atoms with Gasteiger partial charge in [0.25, 0.3) is 0 Å². The Bertz CT molecular complexity index is 493. The smallest absolute Gasteiger partial charge is 0.171 e. The average molecular weight is 263 g/mol. The number of para-hydroxylation sites is 1. The van der Waals surface area contributed by atoms with Crippen molar-refractivity contribution in [2.45, 2.75) is 13.5 Å². The Kier molecular flexibility index (Phi) is 4.06. The minimum atomic E-state index is 0.615. The number of nitrogens with one attached hydrogen (secondary N) is 2. The summed E-state index contributed by atoms with van der Waals surface area (Å²) in [5.74, 6) is 0. The Balaban J connectivity index is 1.82. The lowest BCUT2D eigenvalue weighted by Gasteiger charge is -2.08. The molecule has 2 rings (SSSR count). The molecule has 0 amide bonds. The maximum absolute atomic E-state index is 5.20. The number of hydrogen-bond donors (Lipinski definition) is 2. The fourth-order valence-corrected chi connectivity index (χ4v) is 2.25. The summed E-state index contributed by atoms with van der Waals surface area (Å²) in [7, 11) is 0. The summed E-state index contributed by atoms with van der Waals surface area (Å²) in [6.07, 6.45) is 1.87. The molecule has 0 aliphatic heterocycles. The van der Waals surface area contributed by atoms with Gasteiger partial charge in [0.05, 0.1) is 6.54 Å². The van der Waals surface area contributed by atoms with Crippen LogP contribution in [-0.2, 0) is 6.54 Å². The van der Waals surface area contributed by atoms with E-state index in [2.05, 4.69) is 15.6 Å². The van der Waals surface area contributed by atoms with Crippen molar-refractivity contribution in [1.82, 2.24) is 10.3 Å². The maximum Gasteiger partial charge on any atom is 0.171 e. The predicted molar refractivity (Wildman–Crippen MR) is 76.4 cm³/mol. The Morgan fingerprint density at radius 2 is 2.12 bits per heavy atom. The molecule has 0 unspecified atom stereocenters. The summed E-state index contributed by atoms with van der Waals surface area (Å²) in [5.41, 5.74) is 0.986. The third-order valence-corrected chi connectivity index (χ3v) is 3.26. The van der Waals surface area contributed by atoms with E-state index in [-0.39, 0.29) is 0 Å². The molecule has 1 aromatic heterocycles. The summed E-state index contributed by atoms with van der Waals surface area (Å²) in [4.78, 5) is 5.48. The SMILES string of the molecule is Cc1cnc(CNC(=S)Nc2ccccc2)s1. The van der Waals surface area contributed by atoms with E-state index in [4.69, 9.17) is 12.2 Å². The molecule has 1 aromatic carbocycles. The van der Waals surface area contributed by atoms with Crippen molar-refractivity contribution in [2.24, 2.45) is 0 Å². The number of benzene rings is 1. The molecule has 2 N–H and O–H groups in total. The van der Waals surface area contributed by atoms with E-state index >= 15 is 0 Å². The van der Waals surface area contributed by atoms with Crippen LogP contribution in [0.3, 0.4) is 0 Å².